The van der Waals surface area contributed by atoms with Gasteiger partial charge in [0.25, 0.3) is 0 Å². The molecule has 216 valence electrons. The number of nitrogen functional groups attached to an aromatic ring is 1. The van der Waals surface area contributed by atoms with E-state index in [2.05, 4.69) is 46.6 Å². The summed E-state index contributed by atoms with van der Waals surface area (Å²) in [6, 6.07) is 24.7. The summed E-state index contributed by atoms with van der Waals surface area (Å²) in [6.07, 6.45) is 1.35. The number of benzene rings is 3. The van der Waals surface area contributed by atoms with Crippen LogP contribution in [0.15, 0.2) is 72.8 Å². The molecule has 1 fully saturated rings. The van der Waals surface area contributed by atoms with Crippen LogP contribution in [-0.4, -0.2) is 59.6 Å². The molecule has 3 N–H and O–H groups in total. The molecule has 9 heteroatoms. The van der Waals surface area contributed by atoms with Gasteiger partial charge in [0.2, 0.25) is 5.91 Å². The van der Waals surface area contributed by atoms with E-state index in [1.54, 1.807) is 4.90 Å². The highest BCUT2D eigenvalue weighted by atomic mass is 32.1. The first-order valence-electron chi connectivity index (χ1n) is 14.4. The standard InChI is InChI=1S/C33H35N5O3S/c1-22(39)35-32-36-30(15-12-23-10-13-24(34)14-11-23)31(42-32)20-37-16-18-38(19-17-37)33(40)41-21-29-27-8-4-2-6-25(27)26-7-3-5-9-28(26)29/h2-11,13-14,29H,12,15-21,34H2,1H3,(H,35,36,39). The van der Waals surface area contributed by atoms with Crippen LogP contribution in [0.5, 0.6) is 0 Å². The Morgan fingerprint density at radius 2 is 1.57 bits per heavy atom. The number of fused-ring (bicyclic) bond motifs is 3. The third-order valence-electron chi connectivity index (χ3n) is 8.03. The molecule has 6 rings (SSSR count). The number of hydrogen-bond donors (Lipinski definition) is 2. The highest BCUT2D eigenvalue weighted by Crippen LogP contribution is 2.44. The molecule has 2 aliphatic rings. The van der Waals surface area contributed by atoms with Crippen LogP contribution in [0.4, 0.5) is 15.6 Å². The van der Waals surface area contributed by atoms with E-state index in [4.69, 9.17) is 15.5 Å². The number of hydrogen-bond acceptors (Lipinski definition) is 7. The fourth-order valence-electron chi connectivity index (χ4n) is 5.83. The molecule has 1 aromatic heterocycles. The summed E-state index contributed by atoms with van der Waals surface area (Å²) in [4.78, 5) is 34.8. The average Bonchev–Trinajstić information content (AvgIpc) is 3.53. The van der Waals surface area contributed by atoms with Crippen molar-refractivity contribution in [3.05, 3.63) is 100 Å². The molecule has 0 saturated carbocycles. The smallest absolute Gasteiger partial charge is 0.409 e. The molecule has 42 heavy (non-hydrogen) atoms. The molecule has 0 bridgehead atoms. The average molecular weight is 582 g/mol. The lowest BCUT2D eigenvalue weighted by atomic mass is 9.98. The minimum atomic E-state index is -0.258. The SMILES string of the molecule is CC(=O)Nc1nc(CCc2ccc(N)cc2)c(CN2CCN(C(=O)OCC3c4ccccc4-c4ccccc43)CC2)s1. The first-order chi connectivity index (χ1) is 20.4. The predicted octanol–water partition coefficient (Wildman–Crippen LogP) is 5.54. The van der Waals surface area contributed by atoms with Crippen molar-refractivity contribution >= 4 is 34.2 Å². The molecule has 1 aliphatic carbocycles. The zero-order valence-electron chi connectivity index (χ0n) is 23.7. The van der Waals surface area contributed by atoms with Crippen molar-refractivity contribution in [3.8, 4) is 11.1 Å². The van der Waals surface area contributed by atoms with E-state index in [1.807, 2.05) is 36.4 Å². The number of carbonyl (C=O) groups excluding carboxylic acids is 2. The molecule has 0 atom stereocenters. The van der Waals surface area contributed by atoms with Crippen molar-refractivity contribution < 1.29 is 14.3 Å². The van der Waals surface area contributed by atoms with Crippen LogP contribution in [0, 0.1) is 0 Å². The molecule has 0 unspecified atom stereocenters. The second kappa shape index (κ2) is 12.3. The minimum Gasteiger partial charge on any atom is -0.448 e. The Balaban J connectivity index is 1.04. The van der Waals surface area contributed by atoms with Gasteiger partial charge in [-0.05, 0) is 52.8 Å². The van der Waals surface area contributed by atoms with Crippen molar-refractivity contribution in [2.24, 2.45) is 0 Å². The normalized spacial score (nSPS) is 14.8. The number of nitrogens with two attached hydrogens (primary N) is 1. The number of thiazole rings is 1. The second-order valence-electron chi connectivity index (χ2n) is 10.9. The topological polar surface area (TPSA) is 101 Å². The molecule has 2 amide bonds. The summed E-state index contributed by atoms with van der Waals surface area (Å²) in [7, 11) is 0. The van der Waals surface area contributed by atoms with E-state index in [-0.39, 0.29) is 17.9 Å². The fraction of sp³-hybridized carbons (Fsp3) is 0.303. The van der Waals surface area contributed by atoms with Crippen LogP contribution in [0.1, 0.15) is 40.1 Å². The third kappa shape index (κ3) is 6.17. The quantitative estimate of drug-likeness (QED) is 0.265. The van der Waals surface area contributed by atoms with Gasteiger partial charge in [-0.3, -0.25) is 9.69 Å². The molecular weight excluding hydrogens is 546 g/mol. The monoisotopic (exact) mass is 581 g/mol. The van der Waals surface area contributed by atoms with Gasteiger partial charge < -0.3 is 20.7 Å². The molecule has 1 saturated heterocycles. The molecule has 0 spiro atoms. The van der Waals surface area contributed by atoms with Crippen LogP contribution >= 0.6 is 11.3 Å². The lowest BCUT2D eigenvalue weighted by molar-refractivity contribution is -0.114. The molecule has 1 aliphatic heterocycles. The number of carbonyl (C=O) groups is 2. The van der Waals surface area contributed by atoms with E-state index in [1.165, 1.54) is 46.1 Å². The maximum Gasteiger partial charge on any atom is 0.409 e. The highest BCUT2D eigenvalue weighted by molar-refractivity contribution is 7.15. The van der Waals surface area contributed by atoms with E-state index >= 15 is 0 Å². The van der Waals surface area contributed by atoms with Crippen LogP contribution in [0.25, 0.3) is 11.1 Å². The molecular formula is C33H35N5O3S. The Morgan fingerprint density at radius 1 is 0.929 bits per heavy atom. The minimum absolute atomic E-state index is 0.0541. The zero-order valence-corrected chi connectivity index (χ0v) is 24.5. The molecule has 2 heterocycles. The molecule has 8 nitrogen and oxygen atoms in total. The molecule has 3 aromatic carbocycles. The third-order valence-corrected chi connectivity index (χ3v) is 9.02. The predicted molar refractivity (Wildman–Crippen MR) is 167 cm³/mol. The van der Waals surface area contributed by atoms with Crippen molar-refractivity contribution in [1.82, 2.24) is 14.8 Å². The maximum atomic E-state index is 13.1. The van der Waals surface area contributed by atoms with E-state index in [9.17, 15) is 9.59 Å². The van der Waals surface area contributed by atoms with Gasteiger partial charge in [-0.1, -0.05) is 60.7 Å². The van der Waals surface area contributed by atoms with Gasteiger partial charge in [-0.15, -0.1) is 11.3 Å². The van der Waals surface area contributed by atoms with Crippen LogP contribution in [0.2, 0.25) is 0 Å². The Morgan fingerprint density at radius 3 is 2.21 bits per heavy atom. The summed E-state index contributed by atoms with van der Waals surface area (Å²) in [5.41, 5.74) is 13.6. The number of nitrogens with one attached hydrogen (secondary N) is 1. The van der Waals surface area contributed by atoms with Gasteiger partial charge in [0.05, 0.1) is 5.69 Å². The van der Waals surface area contributed by atoms with Gasteiger partial charge in [-0.25, -0.2) is 9.78 Å². The summed E-state index contributed by atoms with van der Waals surface area (Å²) in [5, 5.41) is 3.47. The Hall–Kier alpha value is -4.21. The summed E-state index contributed by atoms with van der Waals surface area (Å²) in [6.45, 7) is 5.26. The number of aromatic nitrogens is 1. The van der Waals surface area contributed by atoms with Gasteiger partial charge in [0.15, 0.2) is 5.13 Å². The molecule has 0 radical (unpaired) electrons. The van der Waals surface area contributed by atoms with Gasteiger partial charge in [-0.2, -0.15) is 0 Å². The number of aryl methyl sites for hydroxylation is 2. The molecule has 4 aromatic rings. The number of amides is 2. The van der Waals surface area contributed by atoms with E-state index < -0.39 is 0 Å². The highest BCUT2D eigenvalue weighted by Gasteiger charge is 2.30. The largest absolute Gasteiger partial charge is 0.448 e. The van der Waals surface area contributed by atoms with Gasteiger partial charge in [0, 0.05) is 56.1 Å². The van der Waals surface area contributed by atoms with Crippen LogP contribution in [0.3, 0.4) is 0 Å². The summed E-state index contributed by atoms with van der Waals surface area (Å²) in [5.74, 6) is -0.0736. The van der Waals surface area contributed by atoms with Crippen molar-refractivity contribution in [1.29, 1.82) is 0 Å². The number of nitrogens with zero attached hydrogens (tertiary/aromatic N) is 3. The Bertz CT molecular complexity index is 1530. The Labute approximate surface area is 250 Å². The van der Waals surface area contributed by atoms with Crippen molar-refractivity contribution in [2.45, 2.75) is 32.2 Å². The van der Waals surface area contributed by atoms with Gasteiger partial charge >= 0.3 is 6.09 Å². The zero-order chi connectivity index (χ0) is 29.1. The van der Waals surface area contributed by atoms with E-state index in [0.29, 0.717) is 24.8 Å². The number of ether oxygens (including phenoxy) is 1. The lowest BCUT2D eigenvalue weighted by Crippen LogP contribution is -2.48. The fourth-order valence-corrected chi connectivity index (χ4v) is 6.93. The maximum absolute atomic E-state index is 13.1. The van der Waals surface area contributed by atoms with Gasteiger partial charge in [0.1, 0.15) is 6.61 Å². The second-order valence-corrected chi connectivity index (χ2v) is 12.0. The first-order valence-corrected chi connectivity index (χ1v) is 15.2. The lowest BCUT2D eigenvalue weighted by Gasteiger charge is -2.34. The first kappa shape index (κ1) is 27.9. The van der Waals surface area contributed by atoms with Crippen molar-refractivity contribution in [2.75, 3.05) is 43.8 Å². The summed E-state index contributed by atoms with van der Waals surface area (Å²) >= 11 is 1.53. The van der Waals surface area contributed by atoms with Crippen LogP contribution in [-0.2, 0) is 28.9 Å². The number of anilines is 2. The Kier molecular flexibility index (Phi) is 8.21. The number of piperazine rings is 1. The van der Waals surface area contributed by atoms with E-state index in [0.717, 1.165) is 48.7 Å². The number of rotatable bonds is 8. The van der Waals surface area contributed by atoms with Crippen molar-refractivity contribution in [3.63, 3.8) is 0 Å². The van der Waals surface area contributed by atoms with Crippen LogP contribution < -0.4 is 11.1 Å². The summed E-state index contributed by atoms with van der Waals surface area (Å²) < 4.78 is 5.89.